The Labute approximate surface area is 186 Å². The fourth-order valence-corrected chi connectivity index (χ4v) is 3.72. The molecule has 1 amide bonds. The van der Waals surface area contributed by atoms with Crippen molar-refractivity contribution in [1.82, 2.24) is 0 Å². The van der Waals surface area contributed by atoms with Crippen molar-refractivity contribution in [2.24, 2.45) is 0 Å². The number of thiophene rings is 1. The van der Waals surface area contributed by atoms with Crippen molar-refractivity contribution in [2.45, 2.75) is 39.4 Å². The SMILES string of the molecule is COCC(C)OC(=O)c1c(-c2ccc(OC)c(OC)c2)csc1NC(=O)OC(C)(C)C. The molecule has 1 aromatic carbocycles. The lowest BCUT2D eigenvalue weighted by Crippen LogP contribution is -2.27. The first kappa shape index (κ1) is 24.5. The molecule has 0 aliphatic heterocycles. The lowest BCUT2D eigenvalue weighted by molar-refractivity contribution is 0.0122. The van der Waals surface area contributed by atoms with Crippen molar-refractivity contribution in [3.8, 4) is 22.6 Å². The van der Waals surface area contributed by atoms with E-state index >= 15 is 0 Å². The summed E-state index contributed by atoms with van der Waals surface area (Å²) in [5.74, 6) is 0.494. The number of nitrogens with one attached hydrogen (secondary N) is 1. The molecule has 0 aliphatic carbocycles. The zero-order valence-electron chi connectivity index (χ0n) is 18.9. The maximum atomic E-state index is 13.0. The minimum atomic E-state index is -0.679. The smallest absolute Gasteiger partial charge is 0.412 e. The Morgan fingerprint density at radius 1 is 1.10 bits per heavy atom. The van der Waals surface area contributed by atoms with E-state index < -0.39 is 23.8 Å². The van der Waals surface area contributed by atoms with E-state index in [1.165, 1.54) is 25.6 Å². The van der Waals surface area contributed by atoms with Crippen LogP contribution in [-0.4, -0.2) is 51.7 Å². The normalized spacial score (nSPS) is 12.1. The van der Waals surface area contributed by atoms with Crippen LogP contribution in [0.1, 0.15) is 38.1 Å². The van der Waals surface area contributed by atoms with Crippen molar-refractivity contribution in [3.05, 3.63) is 29.1 Å². The van der Waals surface area contributed by atoms with E-state index in [1.807, 2.05) is 0 Å². The topological polar surface area (TPSA) is 92.3 Å². The second-order valence-corrected chi connectivity index (χ2v) is 8.60. The van der Waals surface area contributed by atoms with Gasteiger partial charge in [-0.3, -0.25) is 5.32 Å². The fraction of sp³-hybridized carbons (Fsp3) is 0.455. The van der Waals surface area contributed by atoms with Gasteiger partial charge < -0.3 is 23.7 Å². The van der Waals surface area contributed by atoms with E-state index in [9.17, 15) is 9.59 Å². The number of benzene rings is 1. The van der Waals surface area contributed by atoms with Crippen molar-refractivity contribution in [2.75, 3.05) is 33.3 Å². The number of esters is 1. The average molecular weight is 452 g/mol. The van der Waals surface area contributed by atoms with Gasteiger partial charge in [0.25, 0.3) is 0 Å². The third kappa shape index (κ3) is 6.60. The highest BCUT2D eigenvalue weighted by Crippen LogP contribution is 2.40. The molecule has 0 saturated carbocycles. The van der Waals surface area contributed by atoms with E-state index in [1.54, 1.807) is 58.4 Å². The Morgan fingerprint density at radius 3 is 2.35 bits per heavy atom. The van der Waals surface area contributed by atoms with E-state index in [2.05, 4.69) is 5.32 Å². The first-order valence-electron chi connectivity index (χ1n) is 9.63. The molecule has 0 radical (unpaired) electrons. The van der Waals surface area contributed by atoms with Crippen LogP contribution in [0.5, 0.6) is 11.5 Å². The van der Waals surface area contributed by atoms with Crippen molar-refractivity contribution < 1.29 is 33.3 Å². The molecule has 1 N–H and O–H groups in total. The molecular formula is C22H29NO7S. The zero-order valence-corrected chi connectivity index (χ0v) is 19.7. The van der Waals surface area contributed by atoms with Crippen LogP contribution in [0.15, 0.2) is 23.6 Å². The summed E-state index contributed by atoms with van der Waals surface area (Å²) >= 11 is 1.20. The predicted octanol–water partition coefficient (Wildman–Crippen LogP) is 4.97. The molecule has 0 saturated heterocycles. The van der Waals surface area contributed by atoms with Gasteiger partial charge in [0.2, 0.25) is 0 Å². The molecule has 1 unspecified atom stereocenters. The molecule has 1 atom stereocenters. The minimum Gasteiger partial charge on any atom is -0.493 e. The Hall–Kier alpha value is -2.78. The van der Waals surface area contributed by atoms with Crippen LogP contribution in [0.2, 0.25) is 0 Å². The van der Waals surface area contributed by atoms with Crippen LogP contribution < -0.4 is 14.8 Å². The van der Waals surface area contributed by atoms with E-state index in [4.69, 9.17) is 23.7 Å². The van der Waals surface area contributed by atoms with Crippen LogP contribution in [0, 0.1) is 0 Å². The first-order valence-corrected chi connectivity index (χ1v) is 10.5. The minimum absolute atomic E-state index is 0.228. The van der Waals surface area contributed by atoms with Crippen molar-refractivity contribution >= 4 is 28.4 Å². The Balaban J connectivity index is 2.47. The van der Waals surface area contributed by atoms with Crippen LogP contribution in [0.3, 0.4) is 0 Å². The summed E-state index contributed by atoms with van der Waals surface area (Å²) in [7, 11) is 4.61. The summed E-state index contributed by atoms with van der Waals surface area (Å²) in [6.07, 6.45) is -1.13. The summed E-state index contributed by atoms with van der Waals surface area (Å²) in [5, 5.41) is 4.76. The standard InChI is InChI=1S/C22H29NO7S/c1-13(11-26-5)29-20(24)18-15(14-8-9-16(27-6)17(10-14)28-7)12-31-19(18)23-21(25)30-22(2,3)4/h8-10,12-13H,11H2,1-7H3,(H,23,25). The van der Waals surface area contributed by atoms with Gasteiger partial charge in [-0.2, -0.15) is 0 Å². The molecule has 0 fully saturated rings. The maximum Gasteiger partial charge on any atom is 0.412 e. The molecule has 9 heteroatoms. The van der Waals surface area contributed by atoms with Crippen molar-refractivity contribution in [1.29, 1.82) is 0 Å². The molecule has 0 aliphatic rings. The third-order valence-corrected chi connectivity index (χ3v) is 4.91. The van der Waals surface area contributed by atoms with Gasteiger partial charge in [-0.15, -0.1) is 11.3 Å². The summed E-state index contributed by atoms with van der Waals surface area (Å²) in [5.41, 5.74) is 0.844. The highest BCUT2D eigenvalue weighted by Gasteiger charge is 2.26. The highest BCUT2D eigenvalue weighted by atomic mass is 32.1. The third-order valence-electron chi connectivity index (χ3n) is 4.01. The van der Waals surface area contributed by atoms with E-state index in [0.717, 1.165) is 0 Å². The highest BCUT2D eigenvalue weighted by molar-refractivity contribution is 7.15. The Kier molecular flexibility index (Phi) is 8.29. The molecular weight excluding hydrogens is 422 g/mol. The number of methoxy groups -OCH3 is 3. The number of carbonyl (C=O) groups excluding carboxylic acids is 2. The summed E-state index contributed by atoms with van der Waals surface area (Å²) in [6, 6.07) is 5.30. The predicted molar refractivity (Wildman–Crippen MR) is 119 cm³/mol. The summed E-state index contributed by atoms with van der Waals surface area (Å²) in [4.78, 5) is 25.4. The second-order valence-electron chi connectivity index (χ2n) is 7.72. The number of amides is 1. The summed E-state index contributed by atoms with van der Waals surface area (Å²) < 4.78 is 26.6. The monoisotopic (exact) mass is 451 g/mol. The second kappa shape index (κ2) is 10.5. The molecule has 1 aromatic heterocycles. The molecule has 170 valence electrons. The van der Waals surface area contributed by atoms with Gasteiger partial charge in [-0.1, -0.05) is 6.07 Å². The van der Waals surface area contributed by atoms with Gasteiger partial charge in [0.05, 0.1) is 20.8 Å². The van der Waals surface area contributed by atoms with Crippen molar-refractivity contribution in [3.63, 3.8) is 0 Å². The van der Waals surface area contributed by atoms with Gasteiger partial charge in [-0.05, 0) is 45.4 Å². The largest absolute Gasteiger partial charge is 0.493 e. The molecule has 2 aromatic rings. The maximum absolute atomic E-state index is 13.0. The first-order chi connectivity index (χ1) is 14.6. The zero-order chi connectivity index (χ0) is 23.2. The molecule has 8 nitrogen and oxygen atoms in total. The van der Waals surface area contributed by atoms with E-state index in [0.29, 0.717) is 27.6 Å². The van der Waals surface area contributed by atoms with Crippen LogP contribution in [0.25, 0.3) is 11.1 Å². The van der Waals surface area contributed by atoms with Gasteiger partial charge >= 0.3 is 12.1 Å². The van der Waals surface area contributed by atoms with Crippen LogP contribution in [-0.2, 0) is 14.2 Å². The van der Waals surface area contributed by atoms with Gasteiger partial charge in [-0.25, -0.2) is 9.59 Å². The molecule has 2 rings (SSSR count). The van der Waals surface area contributed by atoms with E-state index in [-0.39, 0.29) is 12.2 Å². The Morgan fingerprint density at radius 2 is 1.77 bits per heavy atom. The number of rotatable bonds is 8. The molecule has 0 bridgehead atoms. The number of carbonyl (C=O) groups is 2. The van der Waals surface area contributed by atoms with Gasteiger partial charge in [0.15, 0.2) is 11.5 Å². The van der Waals surface area contributed by atoms with Crippen LogP contribution >= 0.6 is 11.3 Å². The van der Waals surface area contributed by atoms with Gasteiger partial charge in [0.1, 0.15) is 22.3 Å². The number of hydrogen-bond donors (Lipinski definition) is 1. The average Bonchev–Trinajstić information content (AvgIpc) is 3.09. The Bertz CT molecular complexity index is 917. The number of hydrogen-bond acceptors (Lipinski definition) is 8. The molecule has 0 spiro atoms. The number of ether oxygens (including phenoxy) is 5. The summed E-state index contributed by atoms with van der Waals surface area (Å²) in [6.45, 7) is 7.26. The van der Waals surface area contributed by atoms with Gasteiger partial charge in [0, 0.05) is 18.1 Å². The molecule has 1 heterocycles. The number of anilines is 1. The fourth-order valence-electron chi connectivity index (χ4n) is 2.78. The lowest BCUT2D eigenvalue weighted by Gasteiger charge is -2.20. The lowest BCUT2D eigenvalue weighted by atomic mass is 10.0. The van der Waals surface area contributed by atoms with Crippen LogP contribution in [0.4, 0.5) is 9.80 Å². The quantitative estimate of drug-likeness (QED) is 0.566. The molecule has 31 heavy (non-hydrogen) atoms.